The lowest BCUT2D eigenvalue weighted by Crippen LogP contribution is -2.34. The van der Waals surface area contributed by atoms with Crippen LogP contribution in [0.1, 0.15) is 26.3 Å². The molecule has 0 N–H and O–H groups in total. The first-order valence-electron chi connectivity index (χ1n) is 8.22. The molecule has 9 heteroatoms. The van der Waals surface area contributed by atoms with E-state index < -0.39 is 23.7 Å². The zero-order valence-electron chi connectivity index (χ0n) is 15.4. The molecule has 146 valence electrons. The minimum atomic E-state index is -0.638. The zero-order valence-corrected chi connectivity index (χ0v) is 17.0. The molecule has 0 unspecified atom stereocenters. The Balaban J connectivity index is 2.28. The van der Waals surface area contributed by atoms with Crippen molar-refractivity contribution < 1.29 is 28.6 Å². The fourth-order valence-corrected chi connectivity index (χ4v) is 3.40. The smallest absolute Gasteiger partial charge is 0.326 e. The fourth-order valence-electron chi connectivity index (χ4n) is 2.30. The van der Waals surface area contributed by atoms with Gasteiger partial charge in [-0.3, -0.25) is 19.3 Å². The first kappa shape index (κ1) is 21.1. The van der Waals surface area contributed by atoms with Crippen molar-refractivity contribution in [1.82, 2.24) is 4.90 Å². The topological polar surface area (TPSA) is 82.1 Å². The molecule has 1 aliphatic rings. The van der Waals surface area contributed by atoms with Crippen molar-refractivity contribution in [2.75, 3.05) is 20.3 Å². The first-order valence-corrected chi connectivity index (χ1v) is 9.41. The largest absolute Gasteiger partial charge is 0.493 e. The van der Waals surface area contributed by atoms with E-state index in [1.165, 1.54) is 13.2 Å². The van der Waals surface area contributed by atoms with Crippen molar-refractivity contribution >= 4 is 46.6 Å². The van der Waals surface area contributed by atoms with E-state index in [2.05, 4.69) is 0 Å². The van der Waals surface area contributed by atoms with E-state index in [-0.39, 0.29) is 17.6 Å². The van der Waals surface area contributed by atoms with E-state index in [4.69, 9.17) is 25.8 Å². The summed E-state index contributed by atoms with van der Waals surface area (Å²) in [5.41, 5.74) is 0.564. The maximum absolute atomic E-state index is 12.4. The molecular weight excluding hydrogens is 394 g/mol. The molecule has 1 aromatic rings. The van der Waals surface area contributed by atoms with E-state index in [1.54, 1.807) is 19.1 Å². The number of benzene rings is 1. The van der Waals surface area contributed by atoms with Gasteiger partial charge in [0.25, 0.3) is 11.1 Å². The van der Waals surface area contributed by atoms with Gasteiger partial charge in [0.05, 0.1) is 29.7 Å². The van der Waals surface area contributed by atoms with Gasteiger partial charge in [0.2, 0.25) is 0 Å². The van der Waals surface area contributed by atoms with Gasteiger partial charge >= 0.3 is 5.97 Å². The molecule has 1 saturated heterocycles. The number of methoxy groups -OCH3 is 1. The number of carbonyl (C=O) groups excluding carboxylic acids is 3. The number of esters is 1. The summed E-state index contributed by atoms with van der Waals surface area (Å²) in [5, 5.41) is -0.211. The summed E-state index contributed by atoms with van der Waals surface area (Å²) in [6, 6.07) is 3.27. The maximum atomic E-state index is 12.4. The van der Waals surface area contributed by atoms with Gasteiger partial charge in [-0.05, 0) is 56.3 Å². The van der Waals surface area contributed by atoms with Crippen molar-refractivity contribution in [3.63, 3.8) is 0 Å². The number of rotatable bonds is 7. The molecule has 0 spiro atoms. The monoisotopic (exact) mass is 413 g/mol. The third-order valence-corrected chi connectivity index (χ3v) is 4.56. The van der Waals surface area contributed by atoms with Gasteiger partial charge in [-0.1, -0.05) is 11.6 Å². The van der Waals surface area contributed by atoms with Crippen LogP contribution in [0.4, 0.5) is 4.79 Å². The predicted molar refractivity (Wildman–Crippen MR) is 103 cm³/mol. The number of carbonyl (C=O) groups is 3. The lowest BCUT2D eigenvalue weighted by Gasteiger charge is -2.15. The summed E-state index contributed by atoms with van der Waals surface area (Å²) >= 11 is 7.02. The second-order valence-corrected chi connectivity index (χ2v) is 7.17. The fraction of sp³-hybridized carbons (Fsp3) is 0.389. The molecule has 2 amide bonds. The molecule has 1 fully saturated rings. The van der Waals surface area contributed by atoms with Crippen molar-refractivity contribution in [3.05, 3.63) is 27.6 Å². The van der Waals surface area contributed by atoms with E-state index in [0.717, 1.165) is 16.7 Å². The van der Waals surface area contributed by atoms with Gasteiger partial charge in [-0.25, -0.2) is 0 Å². The third kappa shape index (κ3) is 5.17. The summed E-state index contributed by atoms with van der Waals surface area (Å²) in [6.45, 7) is 5.14. The predicted octanol–water partition coefficient (Wildman–Crippen LogP) is 3.74. The molecule has 0 saturated carbocycles. The Kier molecular flexibility index (Phi) is 7.15. The van der Waals surface area contributed by atoms with E-state index in [1.807, 2.05) is 13.8 Å². The molecule has 27 heavy (non-hydrogen) atoms. The Morgan fingerprint density at radius 1 is 1.33 bits per heavy atom. The number of thioether (sulfide) groups is 1. The Hall–Kier alpha value is -2.19. The summed E-state index contributed by atoms with van der Waals surface area (Å²) in [5.74, 6) is -0.383. The highest BCUT2D eigenvalue weighted by atomic mass is 35.5. The summed E-state index contributed by atoms with van der Waals surface area (Å²) in [4.78, 5) is 37.1. The number of ether oxygens (including phenoxy) is 3. The van der Waals surface area contributed by atoms with Crippen molar-refractivity contribution in [2.45, 2.75) is 26.9 Å². The minimum Gasteiger partial charge on any atom is -0.493 e. The first-order chi connectivity index (χ1) is 12.8. The van der Waals surface area contributed by atoms with Gasteiger partial charge in [0.15, 0.2) is 11.5 Å². The van der Waals surface area contributed by atoms with Gasteiger partial charge in [0, 0.05) is 0 Å². The van der Waals surface area contributed by atoms with Gasteiger partial charge in [-0.2, -0.15) is 0 Å². The van der Waals surface area contributed by atoms with Crippen molar-refractivity contribution in [1.29, 1.82) is 0 Å². The lowest BCUT2D eigenvalue weighted by atomic mass is 10.1. The van der Waals surface area contributed by atoms with Crippen LogP contribution in [0, 0.1) is 0 Å². The molecule has 2 rings (SSSR count). The average molecular weight is 414 g/mol. The van der Waals surface area contributed by atoms with Crippen LogP contribution in [0.3, 0.4) is 0 Å². The molecule has 1 aliphatic heterocycles. The Morgan fingerprint density at radius 2 is 2.04 bits per heavy atom. The maximum Gasteiger partial charge on any atom is 0.326 e. The Bertz CT molecular complexity index is 792. The number of hydrogen-bond acceptors (Lipinski definition) is 7. The lowest BCUT2D eigenvalue weighted by molar-refractivity contribution is -0.145. The van der Waals surface area contributed by atoms with Crippen LogP contribution in [0.25, 0.3) is 6.08 Å². The van der Waals surface area contributed by atoms with Gasteiger partial charge in [-0.15, -0.1) is 0 Å². The number of imide groups is 1. The molecule has 0 aliphatic carbocycles. The molecule has 0 radical (unpaired) electrons. The minimum absolute atomic E-state index is 0.0957. The van der Waals surface area contributed by atoms with Crippen molar-refractivity contribution in [3.8, 4) is 11.5 Å². The molecule has 1 aromatic carbocycles. The zero-order chi connectivity index (χ0) is 20.1. The van der Waals surface area contributed by atoms with Crippen LogP contribution in [0.2, 0.25) is 5.02 Å². The molecule has 1 heterocycles. The van der Waals surface area contributed by atoms with E-state index in [0.29, 0.717) is 22.1 Å². The Labute approximate surface area is 166 Å². The van der Waals surface area contributed by atoms with Crippen LogP contribution in [-0.4, -0.2) is 48.4 Å². The summed E-state index contributed by atoms with van der Waals surface area (Å²) < 4.78 is 15.7. The number of nitrogens with zero attached hydrogens (tertiary/aromatic N) is 1. The SMILES string of the molecule is CCOC(=O)CN1C(=O)S/C(=C\c2cc(Cl)c(OC(C)C)c(OC)c2)C1=O. The normalized spacial score (nSPS) is 15.6. The summed E-state index contributed by atoms with van der Waals surface area (Å²) in [7, 11) is 1.48. The number of halogens is 1. The standard InChI is InChI=1S/C18H20ClNO6S/c1-5-25-15(21)9-20-17(22)14(27-18(20)23)8-11-6-12(19)16(26-10(2)3)13(7-11)24-4/h6-8,10H,5,9H2,1-4H3/b14-8-. The van der Waals surface area contributed by atoms with E-state index >= 15 is 0 Å². The second-order valence-electron chi connectivity index (χ2n) is 5.77. The Morgan fingerprint density at radius 3 is 2.63 bits per heavy atom. The van der Waals surface area contributed by atoms with Gasteiger partial charge < -0.3 is 14.2 Å². The quantitative estimate of drug-likeness (QED) is 0.497. The van der Waals surface area contributed by atoms with E-state index in [9.17, 15) is 14.4 Å². The highest BCUT2D eigenvalue weighted by Crippen LogP contribution is 2.39. The van der Waals surface area contributed by atoms with Crippen LogP contribution in [0.5, 0.6) is 11.5 Å². The number of hydrogen-bond donors (Lipinski definition) is 0. The van der Waals surface area contributed by atoms with Crippen LogP contribution in [-0.2, 0) is 14.3 Å². The van der Waals surface area contributed by atoms with Crippen LogP contribution >= 0.6 is 23.4 Å². The van der Waals surface area contributed by atoms with Crippen molar-refractivity contribution in [2.24, 2.45) is 0 Å². The van der Waals surface area contributed by atoms with Crippen LogP contribution < -0.4 is 9.47 Å². The van der Waals surface area contributed by atoms with Gasteiger partial charge in [0.1, 0.15) is 6.54 Å². The molecule has 0 aromatic heterocycles. The number of amides is 2. The highest BCUT2D eigenvalue weighted by molar-refractivity contribution is 8.18. The molecule has 7 nitrogen and oxygen atoms in total. The molecule has 0 bridgehead atoms. The second kappa shape index (κ2) is 9.14. The van der Waals surface area contributed by atoms with Crippen LogP contribution in [0.15, 0.2) is 17.0 Å². The highest BCUT2D eigenvalue weighted by Gasteiger charge is 2.36. The molecule has 0 atom stereocenters. The molecular formula is C18H20ClNO6S. The average Bonchev–Trinajstić information content (AvgIpc) is 2.84. The summed E-state index contributed by atoms with van der Waals surface area (Å²) in [6.07, 6.45) is 1.42. The third-order valence-electron chi connectivity index (χ3n) is 3.37.